The van der Waals surface area contributed by atoms with Gasteiger partial charge in [0.15, 0.2) is 0 Å². The molecule has 0 aliphatic heterocycles. The van der Waals surface area contributed by atoms with E-state index in [1.165, 1.54) is 12.8 Å². The van der Waals surface area contributed by atoms with Crippen molar-refractivity contribution in [3.05, 3.63) is 17.0 Å². The Labute approximate surface area is 124 Å². The van der Waals surface area contributed by atoms with E-state index in [-0.39, 0.29) is 18.4 Å². The molecule has 21 heavy (non-hydrogen) atoms. The van der Waals surface area contributed by atoms with Gasteiger partial charge >= 0.3 is 5.97 Å². The van der Waals surface area contributed by atoms with E-state index in [4.69, 9.17) is 5.11 Å². The third-order valence-electron chi connectivity index (χ3n) is 4.25. The van der Waals surface area contributed by atoms with Crippen molar-refractivity contribution in [2.45, 2.75) is 65.0 Å². The van der Waals surface area contributed by atoms with Crippen molar-refractivity contribution < 1.29 is 14.7 Å². The fourth-order valence-corrected chi connectivity index (χ4v) is 2.98. The number of nitrogens with one attached hydrogen (secondary N) is 1. The Morgan fingerprint density at radius 1 is 1.38 bits per heavy atom. The number of nitrogens with zero attached hydrogens (tertiary/aromatic N) is 2. The zero-order chi connectivity index (χ0) is 15.6. The number of hydrogen-bond donors (Lipinski definition) is 2. The number of aryl methyl sites for hydroxylation is 1. The summed E-state index contributed by atoms with van der Waals surface area (Å²) in [4.78, 5) is 23.2. The van der Waals surface area contributed by atoms with E-state index in [9.17, 15) is 9.59 Å². The molecule has 1 unspecified atom stereocenters. The monoisotopic (exact) mass is 293 g/mol. The van der Waals surface area contributed by atoms with Crippen LogP contribution in [0.25, 0.3) is 0 Å². The number of carboxylic acid groups (broad SMARTS) is 1. The number of carbonyl (C=O) groups excluding carboxylic acids is 1. The Hall–Kier alpha value is -1.85. The molecule has 0 aromatic carbocycles. The lowest BCUT2D eigenvalue weighted by Crippen LogP contribution is -2.38. The Morgan fingerprint density at radius 3 is 2.57 bits per heavy atom. The molecule has 1 aromatic rings. The Balaban J connectivity index is 2.12. The van der Waals surface area contributed by atoms with Gasteiger partial charge in [-0.1, -0.05) is 12.8 Å². The van der Waals surface area contributed by atoms with Crippen molar-refractivity contribution in [1.82, 2.24) is 15.1 Å². The van der Waals surface area contributed by atoms with Crippen LogP contribution in [0.3, 0.4) is 0 Å². The highest BCUT2D eigenvalue weighted by molar-refractivity contribution is 5.80. The molecule has 1 heterocycles. The maximum atomic E-state index is 12.3. The van der Waals surface area contributed by atoms with Gasteiger partial charge in [0.05, 0.1) is 12.1 Å². The molecule has 1 amide bonds. The van der Waals surface area contributed by atoms with Gasteiger partial charge in [0.25, 0.3) is 0 Å². The lowest BCUT2D eigenvalue weighted by molar-refractivity contribution is -0.136. The van der Waals surface area contributed by atoms with Gasteiger partial charge in [-0.3, -0.25) is 14.3 Å². The summed E-state index contributed by atoms with van der Waals surface area (Å²) in [5, 5.41) is 16.4. The molecule has 0 spiro atoms. The van der Waals surface area contributed by atoms with E-state index in [2.05, 4.69) is 10.4 Å². The van der Waals surface area contributed by atoms with Gasteiger partial charge in [-0.15, -0.1) is 0 Å². The summed E-state index contributed by atoms with van der Waals surface area (Å²) < 4.78 is 1.64. The molecule has 2 rings (SSSR count). The second-order valence-electron chi connectivity index (χ2n) is 5.83. The minimum Gasteiger partial charge on any atom is -0.481 e. The van der Waals surface area contributed by atoms with Crippen LogP contribution in [0.1, 0.15) is 55.6 Å². The summed E-state index contributed by atoms with van der Waals surface area (Å²) >= 11 is 0. The van der Waals surface area contributed by atoms with Crippen molar-refractivity contribution in [2.24, 2.45) is 0 Å². The third-order valence-corrected chi connectivity index (χ3v) is 4.25. The topological polar surface area (TPSA) is 84.2 Å². The lowest BCUT2D eigenvalue weighted by Gasteiger charge is -2.18. The van der Waals surface area contributed by atoms with Crippen LogP contribution in [0.5, 0.6) is 0 Å². The van der Waals surface area contributed by atoms with Crippen LogP contribution in [0.4, 0.5) is 0 Å². The standard InChI is InChI=1S/C15H23N3O3/c1-9-13(8-14(19)20)10(2)18(17-9)11(3)15(21)16-12-6-4-5-7-12/h11-12H,4-8H2,1-3H3,(H,16,21)(H,19,20). The minimum atomic E-state index is -0.885. The molecule has 116 valence electrons. The molecule has 1 saturated carbocycles. The van der Waals surface area contributed by atoms with Gasteiger partial charge in [0, 0.05) is 17.3 Å². The molecule has 2 N–H and O–H groups in total. The Kier molecular flexibility index (Phi) is 4.65. The van der Waals surface area contributed by atoms with E-state index in [0.717, 1.165) is 18.5 Å². The predicted molar refractivity (Wildman–Crippen MR) is 78.2 cm³/mol. The van der Waals surface area contributed by atoms with Crippen molar-refractivity contribution in [1.29, 1.82) is 0 Å². The van der Waals surface area contributed by atoms with E-state index in [0.29, 0.717) is 11.3 Å². The average molecular weight is 293 g/mol. The second kappa shape index (κ2) is 6.28. The zero-order valence-corrected chi connectivity index (χ0v) is 12.8. The summed E-state index contributed by atoms with van der Waals surface area (Å²) in [5.41, 5.74) is 2.13. The van der Waals surface area contributed by atoms with Gasteiger partial charge in [-0.2, -0.15) is 5.10 Å². The van der Waals surface area contributed by atoms with Crippen molar-refractivity contribution in [3.63, 3.8) is 0 Å². The molecule has 0 radical (unpaired) electrons. The number of carboxylic acids is 1. The van der Waals surface area contributed by atoms with E-state index < -0.39 is 12.0 Å². The smallest absolute Gasteiger partial charge is 0.307 e. The quantitative estimate of drug-likeness (QED) is 0.866. The molecule has 1 atom stereocenters. The molecule has 1 fully saturated rings. The van der Waals surface area contributed by atoms with Crippen LogP contribution >= 0.6 is 0 Å². The molecular weight excluding hydrogens is 270 g/mol. The molecule has 0 saturated heterocycles. The molecule has 1 aliphatic carbocycles. The summed E-state index contributed by atoms with van der Waals surface area (Å²) in [7, 11) is 0. The van der Waals surface area contributed by atoms with Gasteiger partial charge in [0.1, 0.15) is 6.04 Å². The maximum absolute atomic E-state index is 12.3. The van der Waals surface area contributed by atoms with Gasteiger partial charge in [0.2, 0.25) is 5.91 Å². The highest BCUT2D eigenvalue weighted by atomic mass is 16.4. The van der Waals surface area contributed by atoms with Crippen molar-refractivity contribution in [2.75, 3.05) is 0 Å². The number of amides is 1. The number of aliphatic carboxylic acids is 1. The molecule has 0 bridgehead atoms. The van der Waals surface area contributed by atoms with Gasteiger partial charge in [-0.25, -0.2) is 0 Å². The number of hydrogen-bond acceptors (Lipinski definition) is 3. The lowest BCUT2D eigenvalue weighted by atomic mass is 10.1. The maximum Gasteiger partial charge on any atom is 0.307 e. The first-order valence-electron chi connectivity index (χ1n) is 7.47. The van der Waals surface area contributed by atoms with Crippen molar-refractivity contribution >= 4 is 11.9 Å². The second-order valence-corrected chi connectivity index (χ2v) is 5.83. The predicted octanol–water partition coefficient (Wildman–Crippen LogP) is 1.75. The first-order valence-corrected chi connectivity index (χ1v) is 7.47. The number of carbonyl (C=O) groups is 2. The van der Waals surface area contributed by atoms with Crippen LogP contribution in [0.15, 0.2) is 0 Å². The van der Waals surface area contributed by atoms with E-state index >= 15 is 0 Å². The zero-order valence-electron chi connectivity index (χ0n) is 12.8. The molecule has 1 aliphatic rings. The van der Waals surface area contributed by atoms with Crippen LogP contribution in [0.2, 0.25) is 0 Å². The summed E-state index contributed by atoms with van der Waals surface area (Å²) in [6.07, 6.45) is 4.36. The van der Waals surface area contributed by atoms with Gasteiger partial charge < -0.3 is 10.4 Å². The molecule has 6 nitrogen and oxygen atoms in total. The summed E-state index contributed by atoms with van der Waals surface area (Å²) in [5.74, 6) is -0.932. The highest BCUT2D eigenvalue weighted by Gasteiger charge is 2.25. The fraction of sp³-hybridized carbons (Fsp3) is 0.667. The van der Waals surface area contributed by atoms with Crippen LogP contribution in [0, 0.1) is 13.8 Å². The number of aromatic nitrogens is 2. The minimum absolute atomic E-state index is 0.0469. The Bertz CT molecular complexity index is 545. The molecule has 1 aromatic heterocycles. The van der Waals surface area contributed by atoms with Crippen LogP contribution < -0.4 is 5.32 Å². The normalized spacial score (nSPS) is 16.9. The third kappa shape index (κ3) is 3.43. The summed E-state index contributed by atoms with van der Waals surface area (Å²) in [6, 6.07) is -0.151. The SMILES string of the molecule is Cc1nn(C(C)C(=O)NC2CCCC2)c(C)c1CC(=O)O. The first kappa shape index (κ1) is 15.5. The molecular formula is C15H23N3O3. The van der Waals surface area contributed by atoms with E-state index in [1.807, 2.05) is 6.92 Å². The average Bonchev–Trinajstić information content (AvgIpc) is 3.01. The van der Waals surface area contributed by atoms with Crippen molar-refractivity contribution in [3.8, 4) is 0 Å². The molecule has 6 heteroatoms. The number of rotatable bonds is 5. The first-order chi connectivity index (χ1) is 9.90. The Morgan fingerprint density at radius 2 is 2.00 bits per heavy atom. The van der Waals surface area contributed by atoms with E-state index in [1.54, 1.807) is 18.5 Å². The highest BCUT2D eigenvalue weighted by Crippen LogP contribution is 2.21. The van der Waals surface area contributed by atoms with Crippen LogP contribution in [-0.2, 0) is 16.0 Å². The largest absolute Gasteiger partial charge is 0.481 e. The van der Waals surface area contributed by atoms with Crippen LogP contribution in [-0.4, -0.2) is 32.8 Å². The fourth-order valence-electron chi connectivity index (χ4n) is 2.98. The summed E-state index contributed by atoms with van der Waals surface area (Å²) in [6.45, 7) is 5.40. The van der Waals surface area contributed by atoms with Gasteiger partial charge in [-0.05, 0) is 33.6 Å².